The average Bonchev–Trinajstić information content (AvgIpc) is 2.38. The van der Waals surface area contributed by atoms with Gasteiger partial charge in [0.05, 0.1) is 5.56 Å². The largest absolute Gasteiger partial charge is 0.416 e. The lowest BCUT2D eigenvalue weighted by atomic mass is 10.2. The van der Waals surface area contributed by atoms with Gasteiger partial charge in [-0.15, -0.1) is 0 Å². The molecule has 2 aromatic carbocycles. The quantitative estimate of drug-likeness (QED) is 0.771. The first-order valence-electron chi connectivity index (χ1n) is 5.66. The third-order valence-corrected chi connectivity index (χ3v) is 4.50. The molecule has 1 atom stereocenters. The molecule has 0 spiro atoms. The molecule has 0 aromatic heterocycles. The summed E-state index contributed by atoms with van der Waals surface area (Å²) in [4.78, 5) is 0. The molecular formula is C14H12F3OP. The van der Waals surface area contributed by atoms with E-state index >= 15 is 0 Å². The van der Waals surface area contributed by atoms with Crippen molar-refractivity contribution in [3.05, 3.63) is 59.7 Å². The van der Waals surface area contributed by atoms with Gasteiger partial charge in [0.15, 0.2) is 0 Å². The van der Waals surface area contributed by atoms with E-state index in [9.17, 15) is 17.7 Å². The molecule has 0 aliphatic heterocycles. The van der Waals surface area contributed by atoms with Gasteiger partial charge in [-0.3, -0.25) is 0 Å². The summed E-state index contributed by atoms with van der Waals surface area (Å²) >= 11 is 0. The number of rotatable bonds is 2. The molecule has 100 valence electrons. The second kappa shape index (κ2) is 5.22. The molecule has 19 heavy (non-hydrogen) atoms. The third kappa shape index (κ3) is 3.27. The molecular weight excluding hydrogens is 272 g/mol. The predicted molar refractivity (Wildman–Crippen MR) is 70.9 cm³/mol. The number of halogens is 3. The lowest BCUT2D eigenvalue weighted by Gasteiger charge is -2.08. The fraction of sp³-hybridized carbons (Fsp3) is 0.143. The molecule has 2 aromatic rings. The Kier molecular flexibility index (Phi) is 3.81. The van der Waals surface area contributed by atoms with Crippen molar-refractivity contribution in [2.75, 3.05) is 0 Å². The number of hydrogen-bond acceptors (Lipinski definition) is 1. The van der Waals surface area contributed by atoms with Gasteiger partial charge in [-0.25, -0.2) is 0 Å². The van der Waals surface area contributed by atoms with E-state index < -0.39 is 19.5 Å². The molecule has 0 fully saturated rings. The smallest absolute Gasteiger partial charge is 0.317 e. The van der Waals surface area contributed by atoms with Gasteiger partial charge in [-0.05, 0) is 19.1 Å². The summed E-state index contributed by atoms with van der Waals surface area (Å²) in [5, 5.41) is 1.08. The second-order valence-electron chi connectivity index (χ2n) is 4.27. The van der Waals surface area contributed by atoms with Crippen molar-refractivity contribution in [1.29, 1.82) is 0 Å². The Morgan fingerprint density at radius 3 is 1.68 bits per heavy atom. The Labute approximate surface area is 109 Å². The van der Waals surface area contributed by atoms with Crippen LogP contribution in [0, 0.1) is 6.92 Å². The molecule has 0 amide bonds. The van der Waals surface area contributed by atoms with Crippen LogP contribution in [0.5, 0.6) is 0 Å². The van der Waals surface area contributed by atoms with E-state index in [2.05, 4.69) is 0 Å². The average molecular weight is 284 g/mol. The Bertz CT molecular complexity index is 586. The van der Waals surface area contributed by atoms with Gasteiger partial charge < -0.3 is 4.57 Å². The van der Waals surface area contributed by atoms with Crippen molar-refractivity contribution < 1.29 is 17.7 Å². The van der Waals surface area contributed by atoms with Crippen LogP contribution in [0.4, 0.5) is 13.2 Å². The van der Waals surface area contributed by atoms with E-state index in [0.717, 1.165) is 17.7 Å². The molecule has 0 aliphatic carbocycles. The molecule has 0 bridgehead atoms. The number of aryl methyl sites for hydroxylation is 1. The van der Waals surface area contributed by atoms with E-state index in [0.29, 0.717) is 10.6 Å². The van der Waals surface area contributed by atoms with Crippen LogP contribution in [-0.4, -0.2) is 0 Å². The summed E-state index contributed by atoms with van der Waals surface area (Å²) in [6.07, 6.45) is -4.36. The van der Waals surface area contributed by atoms with E-state index in [1.165, 1.54) is 12.1 Å². The Morgan fingerprint density at radius 2 is 1.26 bits per heavy atom. The lowest BCUT2D eigenvalue weighted by Crippen LogP contribution is -2.09. The van der Waals surface area contributed by atoms with Crippen LogP contribution in [0.25, 0.3) is 0 Å². The highest BCUT2D eigenvalue weighted by atomic mass is 31.1. The van der Waals surface area contributed by atoms with Crippen LogP contribution in [0.2, 0.25) is 0 Å². The van der Waals surface area contributed by atoms with E-state index in [1.54, 1.807) is 12.1 Å². The molecule has 2 rings (SSSR count). The third-order valence-electron chi connectivity index (χ3n) is 2.79. The SMILES string of the molecule is Cc1ccc([PH](=O)c2ccc(C(F)(F)F)cc2)cc1. The summed E-state index contributed by atoms with van der Waals surface area (Å²) < 4.78 is 49.5. The van der Waals surface area contributed by atoms with Gasteiger partial charge in [-0.1, -0.05) is 42.0 Å². The maximum atomic E-state index is 12.4. The zero-order valence-corrected chi connectivity index (χ0v) is 11.2. The predicted octanol–water partition coefficient (Wildman–Crippen LogP) is 3.52. The standard InChI is InChI=1S/C14H12F3OP/c1-10-2-6-12(7-3-10)19(18)13-8-4-11(5-9-13)14(15,16)17/h2-9,19H,1H3. The first kappa shape index (κ1) is 13.9. The molecule has 0 saturated carbocycles. The van der Waals surface area contributed by atoms with Crippen molar-refractivity contribution in [3.63, 3.8) is 0 Å². The maximum Gasteiger partial charge on any atom is 0.416 e. The van der Waals surface area contributed by atoms with Crippen molar-refractivity contribution in [2.45, 2.75) is 13.1 Å². The number of benzene rings is 2. The molecule has 5 heteroatoms. The molecule has 1 unspecified atom stereocenters. The normalized spacial score (nSPS) is 13.3. The van der Waals surface area contributed by atoms with Crippen molar-refractivity contribution in [3.8, 4) is 0 Å². The van der Waals surface area contributed by atoms with E-state index in [-0.39, 0.29) is 0 Å². The Hall–Kier alpha value is -1.54. The van der Waals surface area contributed by atoms with Crippen molar-refractivity contribution in [2.24, 2.45) is 0 Å². The minimum Gasteiger partial charge on any atom is -0.317 e. The molecule has 0 radical (unpaired) electrons. The van der Waals surface area contributed by atoms with Crippen molar-refractivity contribution >= 4 is 18.4 Å². The maximum absolute atomic E-state index is 12.4. The monoisotopic (exact) mass is 284 g/mol. The zero-order valence-electron chi connectivity index (χ0n) is 10.2. The fourth-order valence-corrected chi connectivity index (χ4v) is 2.95. The summed E-state index contributed by atoms with van der Waals surface area (Å²) in [6, 6.07) is 11.7. The molecule has 0 heterocycles. The summed E-state index contributed by atoms with van der Waals surface area (Å²) in [7, 11) is -2.24. The van der Waals surface area contributed by atoms with Crippen LogP contribution in [0.3, 0.4) is 0 Å². The van der Waals surface area contributed by atoms with Crippen LogP contribution in [0.1, 0.15) is 11.1 Å². The summed E-state index contributed by atoms with van der Waals surface area (Å²) in [5.74, 6) is 0. The topological polar surface area (TPSA) is 17.1 Å². The highest BCUT2D eigenvalue weighted by molar-refractivity contribution is 7.61. The van der Waals surface area contributed by atoms with Gasteiger partial charge in [0.1, 0.15) is 7.80 Å². The lowest BCUT2D eigenvalue weighted by molar-refractivity contribution is -0.137. The van der Waals surface area contributed by atoms with Gasteiger partial charge in [-0.2, -0.15) is 13.2 Å². The first-order chi connectivity index (χ1) is 8.88. The van der Waals surface area contributed by atoms with Gasteiger partial charge in [0.25, 0.3) is 0 Å². The van der Waals surface area contributed by atoms with E-state index in [4.69, 9.17) is 0 Å². The second-order valence-corrected chi connectivity index (χ2v) is 6.08. The minimum absolute atomic E-state index is 0.432. The Balaban J connectivity index is 2.27. The van der Waals surface area contributed by atoms with Gasteiger partial charge in [0.2, 0.25) is 0 Å². The Morgan fingerprint density at radius 1 is 0.842 bits per heavy atom. The molecule has 0 N–H and O–H groups in total. The van der Waals surface area contributed by atoms with Crippen LogP contribution in [0.15, 0.2) is 48.5 Å². The zero-order chi connectivity index (χ0) is 14.0. The number of alkyl halides is 3. The molecule has 1 nitrogen and oxygen atoms in total. The van der Waals surface area contributed by atoms with Gasteiger partial charge in [0, 0.05) is 10.6 Å². The minimum atomic E-state index is -4.36. The molecule has 0 aliphatic rings. The summed E-state index contributed by atoms with van der Waals surface area (Å²) in [5.41, 5.74) is 0.320. The highest BCUT2D eigenvalue weighted by Gasteiger charge is 2.30. The van der Waals surface area contributed by atoms with Gasteiger partial charge >= 0.3 is 6.18 Å². The summed E-state index contributed by atoms with van der Waals surface area (Å²) in [6.45, 7) is 1.92. The van der Waals surface area contributed by atoms with Crippen LogP contribution < -0.4 is 10.6 Å². The van der Waals surface area contributed by atoms with Crippen LogP contribution >= 0.6 is 7.80 Å². The first-order valence-corrected chi connectivity index (χ1v) is 7.07. The van der Waals surface area contributed by atoms with Crippen LogP contribution in [-0.2, 0) is 10.7 Å². The fourth-order valence-electron chi connectivity index (χ4n) is 1.68. The van der Waals surface area contributed by atoms with E-state index in [1.807, 2.05) is 19.1 Å². The van der Waals surface area contributed by atoms with Crippen molar-refractivity contribution in [1.82, 2.24) is 0 Å². The highest BCUT2D eigenvalue weighted by Crippen LogP contribution is 2.29. The molecule has 0 saturated heterocycles. The number of hydrogen-bond donors (Lipinski definition) is 0.